The number of carboxylic acid groups (broad SMARTS) is 1. The molecule has 1 amide bonds. The van der Waals surface area contributed by atoms with Crippen LogP contribution in [0.15, 0.2) is 48.8 Å². The number of hydrogen-bond donors (Lipinski definition) is 2. The van der Waals surface area contributed by atoms with Crippen LogP contribution in [0.2, 0.25) is 5.02 Å². The molecular formula is C24H24ClN3O4. The number of nitrogens with one attached hydrogen (secondary N) is 1. The van der Waals surface area contributed by atoms with E-state index >= 15 is 0 Å². The van der Waals surface area contributed by atoms with Crippen LogP contribution in [0.3, 0.4) is 0 Å². The number of methoxy groups -OCH3 is 1. The van der Waals surface area contributed by atoms with Gasteiger partial charge in [0.1, 0.15) is 5.75 Å². The molecule has 8 heteroatoms. The van der Waals surface area contributed by atoms with Gasteiger partial charge in [-0.15, -0.1) is 0 Å². The first-order valence-electron chi connectivity index (χ1n) is 10.4. The molecule has 7 nitrogen and oxygen atoms in total. The van der Waals surface area contributed by atoms with Gasteiger partial charge in [0, 0.05) is 40.8 Å². The Hall–Kier alpha value is -3.32. The number of aromatic nitrogens is 1. The van der Waals surface area contributed by atoms with Gasteiger partial charge >= 0.3 is 5.97 Å². The molecule has 0 unspecified atom stereocenters. The Balaban J connectivity index is 1.52. The zero-order chi connectivity index (χ0) is 22.7. The van der Waals surface area contributed by atoms with Crippen LogP contribution in [0.5, 0.6) is 5.75 Å². The highest BCUT2D eigenvalue weighted by molar-refractivity contribution is 6.31. The zero-order valence-corrected chi connectivity index (χ0v) is 18.4. The number of rotatable bonds is 6. The molecule has 0 radical (unpaired) electrons. The lowest BCUT2D eigenvalue weighted by Crippen LogP contribution is -2.40. The van der Waals surface area contributed by atoms with Crippen molar-refractivity contribution in [3.05, 3.63) is 59.4 Å². The zero-order valence-electron chi connectivity index (χ0n) is 17.7. The van der Waals surface area contributed by atoms with E-state index in [1.54, 1.807) is 31.5 Å². The van der Waals surface area contributed by atoms with E-state index in [0.29, 0.717) is 22.8 Å². The number of carbonyl (C=O) groups excluding carboxylic acids is 1. The second kappa shape index (κ2) is 9.44. The third-order valence-electron chi connectivity index (χ3n) is 5.75. The molecule has 0 bridgehead atoms. The molecule has 2 N–H and O–H groups in total. The van der Waals surface area contributed by atoms with E-state index in [2.05, 4.69) is 15.2 Å². The molecule has 0 spiro atoms. The maximum Gasteiger partial charge on any atom is 0.307 e. The minimum atomic E-state index is -0.973. The second-order valence-electron chi connectivity index (χ2n) is 7.87. The van der Waals surface area contributed by atoms with E-state index in [9.17, 15) is 9.59 Å². The van der Waals surface area contributed by atoms with Crippen LogP contribution in [0.25, 0.3) is 10.8 Å². The molecule has 1 fully saturated rings. The quantitative estimate of drug-likeness (QED) is 0.575. The van der Waals surface area contributed by atoms with Gasteiger partial charge < -0.3 is 20.1 Å². The molecule has 2 heterocycles. The van der Waals surface area contributed by atoms with E-state index in [0.717, 1.165) is 41.6 Å². The number of anilines is 2. The molecule has 1 aliphatic heterocycles. The highest BCUT2D eigenvalue weighted by Gasteiger charge is 2.27. The Morgan fingerprint density at radius 2 is 2.09 bits per heavy atom. The molecule has 3 aromatic rings. The maximum atomic E-state index is 13.0. The lowest BCUT2D eigenvalue weighted by molar-refractivity contribution is -0.136. The van der Waals surface area contributed by atoms with Crippen LogP contribution < -0.4 is 15.0 Å². The highest BCUT2D eigenvalue weighted by atomic mass is 35.5. The fourth-order valence-corrected chi connectivity index (χ4v) is 4.37. The number of ether oxygens (including phenoxy) is 1. The molecule has 1 aliphatic rings. The van der Waals surface area contributed by atoms with Crippen LogP contribution in [0.4, 0.5) is 11.4 Å². The summed E-state index contributed by atoms with van der Waals surface area (Å²) < 4.78 is 5.47. The molecule has 0 aliphatic carbocycles. The first-order valence-corrected chi connectivity index (χ1v) is 10.8. The molecule has 0 saturated carbocycles. The molecule has 166 valence electrons. The first-order chi connectivity index (χ1) is 15.5. The third-order valence-corrected chi connectivity index (χ3v) is 6.12. The normalized spacial score (nSPS) is 16.1. The van der Waals surface area contributed by atoms with Crippen molar-refractivity contribution in [3.8, 4) is 5.75 Å². The SMILES string of the molecule is COc1cccc2c(N3CCC[C@H](C(=O)Nc4ccc(Cl)c(CC(=O)O)c4)C3)cncc12. The van der Waals surface area contributed by atoms with Crippen molar-refractivity contribution in [1.29, 1.82) is 0 Å². The minimum Gasteiger partial charge on any atom is -0.496 e. The number of fused-ring (bicyclic) bond motifs is 1. The van der Waals surface area contributed by atoms with Crippen molar-refractivity contribution in [2.24, 2.45) is 5.92 Å². The van der Waals surface area contributed by atoms with Gasteiger partial charge in [0.2, 0.25) is 5.91 Å². The summed E-state index contributed by atoms with van der Waals surface area (Å²) in [5, 5.41) is 14.3. The number of aliphatic carboxylic acids is 1. The first kappa shape index (κ1) is 21.9. The van der Waals surface area contributed by atoms with Crippen LogP contribution >= 0.6 is 11.6 Å². The predicted molar refractivity (Wildman–Crippen MR) is 125 cm³/mol. The second-order valence-corrected chi connectivity index (χ2v) is 8.27. The average molecular weight is 454 g/mol. The molecule has 1 saturated heterocycles. The predicted octanol–water partition coefficient (Wildman–Crippen LogP) is 4.38. The number of benzene rings is 2. The van der Waals surface area contributed by atoms with Crippen molar-refractivity contribution >= 4 is 45.6 Å². The summed E-state index contributed by atoms with van der Waals surface area (Å²) in [5.41, 5.74) is 2.00. The van der Waals surface area contributed by atoms with Gasteiger partial charge in [0.05, 0.1) is 31.3 Å². The van der Waals surface area contributed by atoms with Gasteiger partial charge in [-0.3, -0.25) is 14.6 Å². The smallest absolute Gasteiger partial charge is 0.307 e. The lowest BCUT2D eigenvalue weighted by atomic mass is 9.96. The Labute approximate surface area is 191 Å². The number of halogens is 1. The van der Waals surface area contributed by atoms with Gasteiger partial charge in [-0.25, -0.2) is 0 Å². The number of nitrogens with zero attached hydrogens (tertiary/aromatic N) is 2. The van der Waals surface area contributed by atoms with Crippen LogP contribution in [-0.2, 0) is 16.0 Å². The van der Waals surface area contributed by atoms with E-state index in [-0.39, 0.29) is 18.2 Å². The summed E-state index contributed by atoms with van der Waals surface area (Å²) in [6.07, 6.45) is 5.08. The summed E-state index contributed by atoms with van der Waals surface area (Å²) in [6.45, 7) is 1.41. The number of carbonyl (C=O) groups is 2. The molecule has 1 aromatic heterocycles. The van der Waals surface area contributed by atoms with Gasteiger partial charge in [0.15, 0.2) is 0 Å². The fraction of sp³-hybridized carbons (Fsp3) is 0.292. The number of piperidine rings is 1. The Morgan fingerprint density at radius 3 is 2.88 bits per heavy atom. The van der Waals surface area contributed by atoms with Gasteiger partial charge in [-0.1, -0.05) is 23.7 Å². The topological polar surface area (TPSA) is 91.8 Å². The van der Waals surface area contributed by atoms with Crippen molar-refractivity contribution in [3.63, 3.8) is 0 Å². The Bertz CT molecular complexity index is 1170. The fourth-order valence-electron chi connectivity index (χ4n) is 4.19. The van der Waals surface area contributed by atoms with Crippen molar-refractivity contribution in [2.45, 2.75) is 19.3 Å². The molecule has 1 atom stereocenters. The van der Waals surface area contributed by atoms with Gasteiger partial charge in [0.25, 0.3) is 0 Å². The lowest BCUT2D eigenvalue weighted by Gasteiger charge is -2.34. The van der Waals surface area contributed by atoms with E-state index in [1.165, 1.54) is 0 Å². The third kappa shape index (κ3) is 4.62. The molecule has 32 heavy (non-hydrogen) atoms. The Morgan fingerprint density at radius 1 is 1.25 bits per heavy atom. The van der Waals surface area contributed by atoms with Crippen LogP contribution in [0.1, 0.15) is 18.4 Å². The average Bonchev–Trinajstić information content (AvgIpc) is 2.80. The van der Waals surface area contributed by atoms with Gasteiger partial charge in [-0.2, -0.15) is 0 Å². The Kier molecular flexibility index (Phi) is 6.46. The van der Waals surface area contributed by atoms with Gasteiger partial charge in [-0.05, 0) is 42.7 Å². The summed E-state index contributed by atoms with van der Waals surface area (Å²) >= 11 is 6.08. The number of carboxylic acids is 1. The maximum absolute atomic E-state index is 13.0. The standard InChI is InChI=1S/C24H24ClN3O4/c1-32-22-6-2-5-18-19(22)12-26-13-21(18)28-9-3-4-15(14-28)24(31)27-17-7-8-20(25)16(10-17)11-23(29)30/h2,5-8,10,12-13,15H,3-4,9,11,14H2,1H3,(H,27,31)(H,29,30)/t15-/m0/s1. The van der Waals surface area contributed by atoms with E-state index in [4.69, 9.17) is 21.4 Å². The highest BCUT2D eigenvalue weighted by Crippen LogP contribution is 2.34. The molecule has 4 rings (SSSR count). The monoisotopic (exact) mass is 453 g/mol. The number of pyridine rings is 1. The van der Waals surface area contributed by atoms with Crippen LogP contribution in [0, 0.1) is 5.92 Å². The summed E-state index contributed by atoms with van der Waals surface area (Å²) in [6, 6.07) is 10.8. The largest absolute Gasteiger partial charge is 0.496 e. The van der Waals surface area contributed by atoms with E-state index < -0.39 is 5.97 Å². The van der Waals surface area contributed by atoms with Crippen molar-refractivity contribution in [1.82, 2.24) is 4.98 Å². The number of amides is 1. The van der Waals surface area contributed by atoms with Crippen molar-refractivity contribution in [2.75, 3.05) is 30.4 Å². The van der Waals surface area contributed by atoms with Crippen molar-refractivity contribution < 1.29 is 19.4 Å². The minimum absolute atomic E-state index is 0.0935. The summed E-state index contributed by atoms with van der Waals surface area (Å²) in [7, 11) is 1.64. The molecular weight excluding hydrogens is 430 g/mol. The number of hydrogen-bond acceptors (Lipinski definition) is 5. The molecule has 2 aromatic carbocycles. The van der Waals surface area contributed by atoms with E-state index in [1.807, 2.05) is 24.4 Å². The van der Waals surface area contributed by atoms with Crippen LogP contribution in [-0.4, -0.2) is 42.2 Å². The summed E-state index contributed by atoms with van der Waals surface area (Å²) in [5.74, 6) is -0.506. The summed E-state index contributed by atoms with van der Waals surface area (Å²) in [4.78, 5) is 30.6.